The smallest absolute Gasteiger partial charge is 0.159 e. The number of aliphatic hydroxyl groups is 6. The second-order valence-corrected chi connectivity index (χ2v) is 24.2. The average Bonchev–Trinajstić information content (AvgIpc) is 3.66. The third kappa shape index (κ3) is 4.37. The van der Waals surface area contributed by atoms with Gasteiger partial charge in [0.25, 0.3) is 0 Å². The first-order valence-electron chi connectivity index (χ1n) is 24.8. The largest absolute Gasteiger partial charge is 0.394 e. The molecule has 12 aliphatic rings. The Morgan fingerprint density at radius 1 is 0.921 bits per heavy atom. The third-order valence-corrected chi connectivity index (χ3v) is 22.7. The molecule has 0 amide bonds. The maximum atomic E-state index is 16.4. The minimum absolute atomic E-state index is 0.0658. The predicted octanol–water partition coefficient (Wildman–Crippen LogP) is 5.62. The molecule has 3 spiro atoms. The molecule has 12 aliphatic carbocycles. The number of hydrogen-bond acceptors (Lipinski definition) is 8. The molecule has 6 N–H and O–H groups in total. The number of rotatable bonds is 4. The first-order valence-corrected chi connectivity index (χ1v) is 24.8. The molecule has 0 heterocycles. The van der Waals surface area contributed by atoms with Gasteiger partial charge in [-0.2, -0.15) is 0 Å². The highest BCUT2D eigenvalue weighted by molar-refractivity contribution is 5.96. The van der Waals surface area contributed by atoms with Crippen LogP contribution in [0.5, 0.6) is 0 Å². The first kappa shape index (κ1) is 41.5. The molecule has 1 aromatic carbocycles. The Bertz CT molecular complexity index is 2490. The summed E-state index contributed by atoms with van der Waals surface area (Å²) >= 11 is 0. The lowest BCUT2D eigenvalue weighted by molar-refractivity contribution is -0.355. The number of aliphatic hydroxyl groups excluding tert-OH is 4. The van der Waals surface area contributed by atoms with Crippen molar-refractivity contribution in [2.45, 2.75) is 154 Å². The molecule has 19 atom stereocenters. The summed E-state index contributed by atoms with van der Waals surface area (Å²) in [5.41, 5.74) is -5.03. The summed E-state index contributed by atoms with van der Waals surface area (Å²) in [5, 5.41) is 75.6. The minimum Gasteiger partial charge on any atom is -0.394 e. The lowest BCUT2D eigenvalue weighted by Gasteiger charge is -2.82. The van der Waals surface area contributed by atoms with Gasteiger partial charge >= 0.3 is 0 Å². The van der Waals surface area contributed by atoms with Crippen LogP contribution in [0, 0.1) is 91.2 Å². The van der Waals surface area contributed by atoms with E-state index in [1.54, 1.807) is 13.0 Å². The number of allylic oxidation sites excluding steroid dienone is 3. The van der Waals surface area contributed by atoms with Crippen LogP contribution in [0.3, 0.4) is 0 Å². The molecule has 8 nitrogen and oxygen atoms in total. The number of carbonyl (C=O) groups is 2. The van der Waals surface area contributed by atoms with Gasteiger partial charge < -0.3 is 30.6 Å². The second-order valence-electron chi connectivity index (χ2n) is 24.2. The highest BCUT2D eigenvalue weighted by atomic mass is 16.3. The van der Waals surface area contributed by atoms with Crippen molar-refractivity contribution in [3.05, 3.63) is 57.5 Å². The van der Waals surface area contributed by atoms with E-state index in [9.17, 15) is 35.4 Å². The van der Waals surface area contributed by atoms with Gasteiger partial charge in [-0.05, 0) is 176 Å². The summed E-state index contributed by atoms with van der Waals surface area (Å²) in [6.45, 7) is 8.01. The van der Waals surface area contributed by atoms with E-state index < -0.39 is 69.1 Å². The van der Waals surface area contributed by atoms with Gasteiger partial charge in [0, 0.05) is 34.7 Å². The fourth-order valence-electron chi connectivity index (χ4n) is 20.8. The van der Waals surface area contributed by atoms with E-state index in [2.05, 4.69) is 56.1 Å². The molecule has 0 unspecified atom stereocenters. The zero-order valence-corrected chi connectivity index (χ0v) is 37.7. The van der Waals surface area contributed by atoms with Crippen molar-refractivity contribution in [1.29, 1.82) is 0 Å². The van der Waals surface area contributed by atoms with Gasteiger partial charge in [-0.1, -0.05) is 63.0 Å². The maximum absolute atomic E-state index is 16.4. The summed E-state index contributed by atoms with van der Waals surface area (Å²) < 4.78 is 0. The van der Waals surface area contributed by atoms with Crippen LogP contribution < -0.4 is 10.4 Å². The Balaban J connectivity index is 1.16. The van der Waals surface area contributed by atoms with Crippen LogP contribution in [0.4, 0.5) is 0 Å². The lowest BCUT2D eigenvalue weighted by atomic mass is 9.21. The summed E-state index contributed by atoms with van der Waals surface area (Å²) in [5.74, 6) is 5.73. The van der Waals surface area contributed by atoms with E-state index in [0.717, 1.165) is 73.7 Å². The number of ketones is 1. The number of aldehydes is 1. The summed E-state index contributed by atoms with van der Waals surface area (Å²) in [6, 6.07) is 3.78. The van der Waals surface area contributed by atoms with Crippen molar-refractivity contribution in [2.75, 3.05) is 6.61 Å². The SMILES string of the molecule is C[C@@H](O)c1cc(C=O)c2c(c1)=C[C@H]1[C@@H](C=2)CC[C@@]23CC[C@@H]4[C@](C)([C@H](O)CO)[C@@H](O)CC[C@]41[C@H]2C(=O)C=C1[C@H]2C[C@@]4(C)CCC#C[C@]5(O)CC[C@@H]([C@]13C)[C@@]1(O)C=C[C@@H]3CCC[C@]3(C4)[C@]251. The molecule has 13 rings (SSSR count). The van der Waals surface area contributed by atoms with Crippen molar-refractivity contribution in [1.82, 2.24) is 0 Å². The van der Waals surface area contributed by atoms with Crippen LogP contribution in [0.25, 0.3) is 12.2 Å². The molecule has 7 fully saturated rings. The van der Waals surface area contributed by atoms with Crippen molar-refractivity contribution < 1.29 is 40.2 Å². The highest BCUT2D eigenvalue weighted by Gasteiger charge is 2.89. The molecule has 0 aromatic heterocycles. The Kier molecular flexibility index (Phi) is 8.40. The summed E-state index contributed by atoms with van der Waals surface area (Å²) in [6.07, 6.45) is 20.3. The molecule has 0 radical (unpaired) electrons. The third-order valence-electron chi connectivity index (χ3n) is 22.7. The summed E-state index contributed by atoms with van der Waals surface area (Å²) in [7, 11) is 0. The Morgan fingerprint density at radius 2 is 1.70 bits per heavy atom. The zero-order valence-electron chi connectivity index (χ0n) is 37.7. The van der Waals surface area contributed by atoms with E-state index in [1.165, 1.54) is 0 Å². The quantitative estimate of drug-likeness (QED) is 0.130. The fraction of sp³-hybridized carbons (Fsp3) is 0.709. The van der Waals surface area contributed by atoms with Crippen LogP contribution in [0.1, 0.15) is 146 Å². The van der Waals surface area contributed by atoms with Crippen molar-refractivity contribution in [3.63, 3.8) is 0 Å². The van der Waals surface area contributed by atoms with E-state index in [1.807, 2.05) is 13.0 Å². The van der Waals surface area contributed by atoms with Crippen LogP contribution >= 0.6 is 0 Å². The minimum atomic E-state index is -1.42. The number of benzene rings is 1. The van der Waals surface area contributed by atoms with Crippen molar-refractivity contribution in [3.8, 4) is 11.8 Å². The molecule has 336 valence electrons. The van der Waals surface area contributed by atoms with Gasteiger partial charge in [0.2, 0.25) is 0 Å². The molecule has 0 saturated heterocycles. The van der Waals surface area contributed by atoms with Crippen molar-refractivity contribution >= 4 is 24.2 Å². The van der Waals surface area contributed by atoms with Gasteiger partial charge in [-0.25, -0.2) is 0 Å². The van der Waals surface area contributed by atoms with Gasteiger partial charge in [0.05, 0.1) is 35.9 Å². The van der Waals surface area contributed by atoms with Crippen molar-refractivity contribution in [2.24, 2.45) is 79.3 Å². The molecular formula is C55H68O8. The predicted molar refractivity (Wildman–Crippen MR) is 237 cm³/mol. The Hall–Kier alpha value is -2.90. The van der Waals surface area contributed by atoms with Crippen LogP contribution in [-0.4, -0.2) is 72.7 Å². The van der Waals surface area contributed by atoms with E-state index in [0.29, 0.717) is 56.1 Å². The van der Waals surface area contributed by atoms with E-state index in [4.69, 9.17) is 0 Å². The molecule has 63 heavy (non-hydrogen) atoms. The fourth-order valence-corrected chi connectivity index (χ4v) is 20.8. The second kappa shape index (κ2) is 12.7. The highest BCUT2D eigenvalue weighted by Crippen LogP contribution is 2.88. The molecule has 5 bridgehead atoms. The normalized spacial score (nSPS) is 53.5. The van der Waals surface area contributed by atoms with Gasteiger partial charge in [-0.15, -0.1) is 5.92 Å². The van der Waals surface area contributed by atoms with Crippen LogP contribution in [-0.2, 0) is 4.79 Å². The number of hydrogen-bond donors (Lipinski definition) is 6. The number of fused-ring (bicyclic) bond motifs is 6. The van der Waals surface area contributed by atoms with Gasteiger partial charge in [0.1, 0.15) is 5.60 Å². The molecular weight excluding hydrogens is 789 g/mol. The molecule has 0 aliphatic heterocycles. The summed E-state index contributed by atoms with van der Waals surface area (Å²) in [4.78, 5) is 29.2. The Morgan fingerprint density at radius 3 is 2.46 bits per heavy atom. The monoisotopic (exact) mass is 856 g/mol. The van der Waals surface area contributed by atoms with E-state index >= 15 is 4.79 Å². The first-order chi connectivity index (χ1) is 29.9. The van der Waals surface area contributed by atoms with Gasteiger partial charge in [-0.3, -0.25) is 9.59 Å². The van der Waals surface area contributed by atoms with Gasteiger partial charge in [0.15, 0.2) is 12.1 Å². The Labute approximate surface area is 372 Å². The molecule has 1 aromatic rings. The molecule has 8 heteroatoms. The number of carbonyl (C=O) groups excluding carboxylic acids is 2. The maximum Gasteiger partial charge on any atom is 0.159 e. The van der Waals surface area contributed by atoms with Crippen LogP contribution in [0.2, 0.25) is 0 Å². The lowest BCUT2D eigenvalue weighted by Crippen LogP contribution is -2.85. The molecule has 7 saturated carbocycles. The topological polar surface area (TPSA) is 156 Å². The van der Waals surface area contributed by atoms with E-state index in [-0.39, 0.29) is 52.1 Å². The average molecular weight is 857 g/mol. The van der Waals surface area contributed by atoms with Crippen LogP contribution in [0.15, 0.2) is 35.9 Å². The zero-order chi connectivity index (χ0) is 44.1. The standard InChI is InChI=1S/C55H68O8/c1-31(58)33-22-34-25-38-32(24-37(34)35(23-33)28-56)9-17-50-18-11-42-48(3,45(61)29-57)44(60)13-20-53(38,42)46(50)41(59)26-39-40-27-47(2)14-5-6-16-52(62)19-12-43(49(39,50)4)54(63)21-10-36-8-7-15-51(36,30-47)55(40,52)54/h10,21-26,28,31-32,36,38,40,42-46,57-58,60-63H,5,7-9,11-15,17-20,27,29-30H2,1-4H3/t31-,32-,36+,38+,40-,42-,43+,44+,45-,46+,47-,48+,49+,50-,51-,52+,53-,54+,55-/m1/s1.